The van der Waals surface area contributed by atoms with Crippen molar-refractivity contribution in [2.45, 2.75) is 33.2 Å². The number of fused-ring (bicyclic) bond motifs is 1. The van der Waals surface area contributed by atoms with Crippen LogP contribution in [0.15, 0.2) is 54.7 Å². The van der Waals surface area contributed by atoms with Gasteiger partial charge in [-0.1, -0.05) is 55.5 Å². The third-order valence-electron chi connectivity index (χ3n) is 5.83. The summed E-state index contributed by atoms with van der Waals surface area (Å²) in [5.74, 6) is 0.350. The van der Waals surface area contributed by atoms with Crippen molar-refractivity contribution in [1.82, 2.24) is 35.2 Å². The largest absolute Gasteiger partial charge is 1.00 e. The molecule has 0 unspecified atom stereocenters. The average Bonchev–Trinajstić information content (AvgIpc) is 3.50. The number of aromatic carboxylic acids is 1. The molecule has 0 aliphatic rings. The number of rotatable bonds is 7. The quantitative estimate of drug-likeness (QED) is 0.340. The SMILES string of the molecule is CCCc1nc2c(C)cnc(C(=O)O)c2n1Cc1ccc(-c2ccccc2-c2nn[nH]n2)cc1.[H-].[Na+]. The van der Waals surface area contributed by atoms with Crippen LogP contribution in [0.1, 0.15) is 42.2 Å². The fourth-order valence-corrected chi connectivity index (χ4v) is 4.22. The maximum absolute atomic E-state index is 11.9. The van der Waals surface area contributed by atoms with Crippen LogP contribution in [0, 0.1) is 6.92 Å². The van der Waals surface area contributed by atoms with Crippen molar-refractivity contribution in [3.05, 3.63) is 77.4 Å². The minimum atomic E-state index is -1.05. The number of carbonyl (C=O) groups is 1. The zero-order chi connectivity index (χ0) is 23.7. The molecule has 172 valence electrons. The van der Waals surface area contributed by atoms with Gasteiger partial charge in [-0.15, -0.1) is 10.2 Å². The first-order valence-electron chi connectivity index (χ1n) is 11.1. The van der Waals surface area contributed by atoms with E-state index >= 15 is 0 Å². The first kappa shape index (κ1) is 24.7. The first-order chi connectivity index (χ1) is 16.6. The standard InChI is InChI=1S/C25H23N7O2.Na.H/c1-3-6-20-27-21-15(2)13-26-22(25(33)34)23(21)32(20)14-16-9-11-17(12-10-16)18-7-4-5-8-19(18)24-28-30-31-29-24;;/h4-5,7-13H,3,6,14H2,1-2H3,(H,33,34)(H,28,29,30,31);;/q;+1;-1. The molecule has 0 aliphatic heterocycles. The molecule has 0 bridgehead atoms. The number of aromatic nitrogens is 7. The van der Waals surface area contributed by atoms with Crippen LogP contribution in [0.5, 0.6) is 0 Å². The van der Waals surface area contributed by atoms with Gasteiger partial charge < -0.3 is 11.1 Å². The van der Waals surface area contributed by atoms with E-state index in [-0.39, 0.29) is 36.7 Å². The predicted molar refractivity (Wildman–Crippen MR) is 128 cm³/mol. The summed E-state index contributed by atoms with van der Waals surface area (Å²) in [5, 5.41) is 24.2. The van der Waals surface area contributed by atoms with Crippen molar-refractivity contribution in [3.8, 4) is 22.5 Å². The third kappa shape index (κ3) is 4.75. The summed E-state index contributed by atoms with van der Waals surface area (Å²) in [6.07, 6.45) is 3.24. The second kappa shape index (κ2) is 10.5. The molecule has 0 saturated carbocycles. The molecule has 3 aromatic heterocycles. The summed E-state index contributed by atoms with van der Waals surface area (Å²) >= 11 is 0. The number of aryl methyl sites for hydroxylation is 2. The van der Waals surface area contributed by atoms with Gasteiger partial charge in [0.25, 0.3) is 0 Å². The maximum Gasteiger partial charge on any atom is 1.00 e. The number of nitrogens with zero attached hydrogens (tertiary/aromatic N) is 6. The normalized spacial score (nSPS) is 10.9. The van der Waals surface area contributed by atoms with Gasteiger partial charge in [-0.2, -0.15) is 5.21 Å². The Morgan fingerprint density at radius 2 is 1.86 bits per heavy atom. The molecule has 5 rings (SSSR count). The molecule has 0 radical (unpaired) electrons. The smallest absolute Gasteiger partial charge is 1.00 e. The minimum Gasteiger partial charge on any atom is -1.00 e. The van der Waals surface area contributed by atoms with E-state index in [1.165, 1.54) is 0 Å². The molecular weight excluding hydrogens is 453 g/mol. The molecule has 35 heavy (non-hydrogen) atoms. The Bertz CT molecular complexity index is 1480. The van der Waals surface area contributed by atoms with Crippen LogP contribution < -0.4 is 29.6 Å². The summed E-state index contributed by atoms with van der Waals surface area (Å²) in [7, 11) is 0. The van der Waals surface area contributed by atoms with Crippen LogP contribution in [0.25, 0.3) is 33.5 Å². The van der Waals surface area contributed by atoms with Gasteiger partial charge in [-0.25, -0.2) is 14.8 Å². The zero-order valence-corrected chi connectivity index (χ0v) is 21.9. The van der Waals surface area contributed by atoms with Gasteiger partial charge in [0.2, 0.25) is 5.82 Å². The Hall–Kier alpha value is -3.40. The van der Waals surface area contributed by atoms with Gasteiger partial charge in [0.1, 0.15) is 11.3 Å². The molecule has 0 amide bonds. The summed E-state index contributed by atoms with van der Waals surface area (Å²) < 4.78 is 1.99. The molecule has 0 aliphatic carbocycles. The van der Waals surface area contributed by atoms with Crippen molar-refractivity contribution in [2.75, 3.05) is 0 Å². The number of carboxylic acids is 1. The third-order valence-corrected chi connectivity index (χ3v) is 5.83. The number of tetrazole rings is 1. The van der Waals surface area contributed by atoms with E-state index in [1.807, 2.05) is 47.9 Å². The van der Waals surface area contributed by atoms with Crippen LogP contribution in [0.4, 0.5) is 0 Å². The number of benzene rings is 2. The summed E-state index contributed by atoms with van der Waals surface area (Å²) in [6, 6.07) is 16.1. The van der Waals surface area contributed by atoms with E-state index in [0.29, 0.717) is 23.4 Å². The van der Waals surface area contributed by atoms with Crippen LogP contribution in [0.2, 0.25) is 0 Å². The molecule has 0 fully saturated rings. The molecule has 10 heteroatoms. The van der Waals surface area contributed by atoms with Crippen molar-refractivity contribution in [2.24, 2.45) is 0 Å². The molecule has 2 aromatic carbocycles. The van der Waals surface area contributed by atoms with Crippen molar-refractivity contribution in [1.29, 1.82) is 0 Å². The Kier molecular flexibility index (Phi) is 7.39. The number of nitrogens with one attached hydrogen (secondary N) is 1. The van der Waals surface area contributed by atoms with E-state index in [0.717, 1.165) is 46.5 Å². The number of aromatic amines is 1. The number of hydrogen-bond acceptors (Lipinski definition) is 6. The van der Waals surface area contributed by atoms with Crippen LogP contribution in [-0.2, 0) is 13.0 Å². The molecule has 0 saturated heterocycles. The fourth-order valence-electron chi connectivity index (χ4n) is 4.22. The number of H-pyrrole nitrogens is 1. The Morgan fingerprint density at radius 3 is 2.51 bits per heavy atom. The topological polar surface area (TPSA) is 122 Å². The van der Waals surface area contributed by atoms with E-state index < -0.39 is 5.97 Å². The summed E-state index contributed by atoms with van der Waals surface area (Å²) in [5.41, 5.74) is 6.12. The van der Waals surface area contributed by atoms with Crippen LogP contribution >= 0.6 is 0 Å². The minimum absolute atomic E-state index is 0. The Morgan fingerprint density at radius 1 is 1.11 bits per heavy atom. The van der Waals surface area contributed by atoms with Gasteiger partial charge in [-0.3, -0.25) is 0 Å². The van der Waals surface area contributed by atoms with Crippen LogP contribution in [-0.4, -0.2) is 46.2 Å². The average molecular weight is 478 g/mol. The van der Waals surface area contributed by atoms with Crippen molar-refractivity contribution in [3.63, 3.8) is 0 Å². The fraction of sp³-hybridized carbons (Fsp3) is 0.200. The summed E-state index contributed by atoms with van der Waals surface area (Å²) in [4.78, 5) is 20.9. The van der Waals surface area contributed by atoms with Gasteiger partial charge in [0, 0.05) is 24.7 Å². The molecule has 0 spiro atoms. The second-order valence-corrected chi connectivity index (χ2v) is 8.13. The zero-order valence-electron chi connectivity index (χ0n) is 20.9. The van der Waals surface area contributed by atoms with Gasteiger partial charge >= 0.3 is 35.5 Å². The summed E-state index contributed by atoms with van der Waals surface area (Å²) in [6.45, 7) is 4.50. The monoisotopic (exact) mass is 477 g/mol. The van der Waals surface area contributed by atoms with Gasteiger partial charge in [0.05, 0.1) is 5.52 Å². The number of pyridine rings is 1. The van der Waals surface area contributed by atoms with E-state index in [2.05, 4.69) is 44.7 Å². The van der Waals surface area contributed by atoms with E-state index in [9.17, 15) is 9.90 Å². The predicted octanol–water partition coefficient (Wildman–Crippen LogP) is 1.40. The molecular formula is C25H24N7NaO2. The Balaban J connectivity index is 0.00000180. The molecule has 2 N–H and O–H groups in total. The number of hydrogen-bond donors (Lipinski definition) is 2. The molecule has 0 atom stereocenters. The molecule has 5 aromatic rings. The maximum atomic E-state index is 11.9. The van der Waals surface area contributed by atoms with Crippen molar-refractivity contribution < 1.29 is 40.9 Å². The van der Waals surface area contributed by atoms with E-state index in [4.69, 9.17) is 4.98 Å². The van der Waals surface area contributed by atoms with E-state index in [1.54, 1.807) is 6.20 Å². The molecule has 9 nitrogen and oxygen atoms in total. The number of carboxylic acid groups (broad SMARTS) is 1. The first-order valence-corrected chi connectivity index (χ1v) is 11.1. The molecule has 3 heterocycles. The van der Waals surface area contributed by atoms with Crippen molar-refractivity contribution >= 4 is 17.0 Å². The van der Waals surface area contributed by atoms with Gasteiger partial charge in [0.15, 0.2) is 5.69 Å². The Labute approximate surface area is 225 Å². The second-order valence-electron chi connectivity index (χ2n) is 8.13. The van der Waals surface area contributed by atoms with Gasteiger partial charge in [-0.05, 0) is 40.8 Å². The number of imidazole rings is 1. The van der Waals surface area contributed by atoms with Crippen LogP contribution in [0.3, 0.4) is 0 Å².